The van der Waals surface area contributed by atoms with Crippen LogP contribution in [0.2, 0.25) is 19.6 Å². The zero-order valence-corrected chi connectivity index (χ0v) is 19.7. The Morgan fingerprint density at radius 1 is 0.750 bits per heavy atom. The predicted molar refractivity (Wildman–Crippen MR) is 139 cm³/mol. The van der Waals surface area contributed by atoms with Crippen LogP contribution in [0, 0.1) is 0 Å². The third-order valence-electron chi connectivity index (χ3n) is 6.75. The molecule has 0 radical (unpaired) electrons. The second-order valence-electron chi connectivity index (χ2n) is 9.86. The van der Waals surface area contributed by atoms with Gasteiger partial charge in [-0.2, -0.15) is 0 Å². The Labute approximate surface area is 190 Å². The van der Waals surface area contributed by atoms with Gasteiger partial charge in [-0.3, -0.25) is 0 Å². The van der Waals surface area contributed by atoms with Crippen molar-refractivity contribution in [3.05, 3.63) is 108 Å². The molecule has 0 bridgehead atoms. The first-order valence-electron chi connectivity index (χ1n) is 11.3. The second kappa shape index (κ2) is 7.08. The average molecular weight is 431 g/mol. The molecule has 32 heavy (non-hydrogen) atoms. The number of rotatable bonds is 3. The van der Waals surface area contributed by atoms with Crippen molar-refractivity contribution in [1.82, 2.24) is 0 Å². The number of hydrogen-bond acceptors (Lipinski definition) is 1. The highest BCUT2D eigenvalue weighted by molar-refractivity contribution is 6.89. The van der Waals surface area contributed by atoms with Crippen molar-refractivity contribution in [3.63, 3.8) is 0 Å². The number of hydrogen-bond donors (Lipinski definition) is 0. The van der Waals surface area contributed by atoms with Crippen LogP contribution in [0.5, 0.6) is 0 Å². The lowest BCUT2D eigenvalue weighted by molar-refractivity contribution is 0.583. The molecule has 5 aromatic rings. The fourth-order valence-corrected chi connectivity index (χ4v) is 6.54. The SMILES string of the molecule is C[Si](C)(C)c1ccoc1-c1ccc2c(ccc3cc(C4C=Cc5ccccc54)ccc32)c1. The molecule has 0 fully saturated rings. The number of furan rings is 1. The summed E-state index contributed by atoms with van der Waals surface area (Å²) in [6.07, 6.45) is 6.40. The molecular weight excluding hydrogens is 404 g/mol. The van der Waals surface area contributed by atoms with E-state index in [0.717, 1.165) is 5.76 Å². The predicted octanol–water partition coefficient (Wildman–Crippen LogP) is 7.96. The van der Waals surface area contributed by atoms with E-state index in [9.17, 15) is 0 Å². The second-order valence-corrected chi connectivity index (χ2v) is 14.9. The minimum Gasteiger partial charge on any atom is -0.465 e. The van der Waals surface area contributed by atoms with E-state index in [-0.39, 0.29) is 0 Å². The van der Waals surface area contributed by atoms with Gasteiger partial charge in [0, 0.05) is 11.5 Å². The van der Waals surface area contributed by atoms with E-state index in [0.29, 0.717) is 5.92 Å². The Kier molecular flexibility index (Phi) is 4.28. The highest BCUT2D eigenvalue weighted by Crippen LogP contribution is 2.37. The Morgan fingerprint density at radius 2 is 1.50 bits per heavy atom. The van der Waals surface area contributed by atoms with Crippen molar-refractivity contribution in [2.24, 2.45) is 0 Å². The molecular formula is C30H26OSi. The molecule has 0 spiro atoms. The Bertz CT molecular complexity index is 1510. The molecule has 0 saturated heterocycles. The van der Waals surface area contributed by atoms with E-state index in [1.165, 1.54) is 49.0 Å². The van der Waals surface area contributed by atoms with Gasteiger partial charge in [-0.15, -0.1) is 0 Å². The standard InChI is InChI=1S/C30H26OSi/c1-32(2,3)29-16-17-31-30(29)24-12-15-28-22(19-24)9-8-21-18-23(11-14-27(21)28)26-13-10-20-6-4-5-7-25(20)26/h4-19,26H,1-3H3. The molecule has 1 unspecified atom stereocenters. The lowest BCUT2D eigenvalue weighted by atomic mass is 9.90. The lowest BCUT2D eigenvalue weighted by Crippen LogP contribution is -2.37. The van der Waals surface area contributed by atoms with Gasteiger partial charge in [-0.25, -0.2) is 0 Å². The van der Waals surface area contributed by atoms with Gasteiger partial charge in [0.25, 0.3) is 0 Å². The molecule has 156 valence electrons. The molecule has 1 aliphatic rings. The summed E-state index contributed by atoms with van der Waals surface area (Å²) < 4.78 is 5.94. The molecule has 6 rings (SSSR count). The van der Waals surface area contributed by atoms with Crippen LogP contribution in [-0.4, -0.2) is 8.07 Å². The van der Waals surface area contributed by atoms with E-state index < -0.39 is 8.07 Å². The number of fused-ring (bicyclic) bond motifs is 4. The van der Waals surface area contributed by atoms with E-state index in [2.05, 4.69) is 111 Å². The molecule has 4 aromatic carbocycles. The molecule has 0 amide bonds. The van der Waals surface area contributed by atoms with Gasteiger partial charge >= 0.3 is 0 Å². The average Bonchev–Trinajstić information content (AvgIpc) is 3.46. The Balaban J connectivity index is 1.44. The summed E-state index contributed by atoms with van der Waals surface area (Å²) in [6, 6.07) is 29.1. The van der Waals surface area contributed by atoms with Crippen LogP contribution in [0.3, 0.4) is 0 Å². The smallest absolute Gasteiger partial charge is 0.133 e. The molecule has 0 saturated carbocycles. The van der Waals surface area contributed by atoms with Crippen molar-refractivity contribution in [2.75, 3.05) is 0 Å². The summed E-state index contributed by atoms with van der Waals surface area (Å²) in [5.74, 6) is 1.38. The summed E-state index contributed by atoms with van der Waals surface area (Å²) in [5.41, 5.74) is 5.25. The van der Waals surface area contributed by atoms with Crippen LogP contribution in [0.15, 0.2) is 95.6 Å². The molecule has 1 atom stereocenters. The molecule has 2 heteroatoms. The van der Waals surface area contributed by atoms with Crippen LogP contribution in [0.25, 0.3) is 38.9 Å². The fourth-order valence-electron chi connectivity index (χ4n) is 5.09. The normalized spacial score (nSPS) is 15.5. The summed E-state index contributed by atoms with van der Waals surface area (Å²) in [4.78, 5) is 0. The molecule has 1 nitrogen and oxygen atoms in total. The van der Waals surface area contributed by atoms with Crippen molar-refractivity contribution < 1.29 is 4.42 Å². The largest absolute Gasteiger partial charge is 0.465 e. The van der Waals surface area contributed by atoms with Gasteiger partial charge in [0.15, 0.2) is 0 Å². The van der Waals surface area contributed by atoms with Gasteiger partial charge in [0.2, 0.25) is 0 Å². The number of benzene rings is 4. The maximum atomic E-state index is 5.94. The number of allylic oxidation sites excluding steroid dienone is 1. The molecule has 1 aromatic heterocycles. The zero-order chi connectivity index (χ0) is 21.9. The highest BCUT2D eigenvalue weighted by atomic mass is 28.3. The maximum Gasteiger partial charge on any atom is 0.133 e. The van der Waals surface area contributed by atoms with Crippen molar-refractivity contribution in [2.45, 2.75) is 25.6 Å². The van der Waals surface area contributed by atoms with E-state index in [1.807, 2.05) is 6.26 Å². The zero-order valence-electron chi connectivity index (χ0n) is 18.7. The fraction of sp³-hybridized carbons (Fsp3) is 0.133. The van der Waals surface area contributed by atoms with Crippen LogP contribution in [0.4, 0.5) is 0 Å². The van der Waals surface area contributed by atoms with Gasteiger partial charge in [0.1, 0.15) is 5.76 Å². The van der Waals surface area contributed by atoms with Gasteiger partial charge in [-0.1, -0.05) is 98.5 Å². The molecule has 0 aliphatic heterocycles. The first kappa shape index (κ1) is 19.3. The quantitative estimate of drug-likeness (QED) is 0.209. The van der Waals surface area contributed by atoms with Crippen LogP contribution < -0.4 is 5.19 Å². The lowest BCUT2D eigenvalue weighted by Gasteiger charge is -2.16. The van der Waals surface area contributed by atoms with E-state index in [1.54, 1.807) is 0 Å². The van der Waals surface area contributed by atoms with Crippen molar-refractivity contribution in [1.29, 1.82) is 0 Å². The van der Waals surface area contributed by atoms with Gasteiger partial charge in [0.05, 0.1) is 14.3 Å². The van der Waals surface area contributed by atoms with Crippen LogP contribution >= 0.6 is 0 Å². The third kappa shape index (κ3) is 3.06. The topological polar surface area (TPSA) is 13.1 Å². The third-order valence-corrected chi connectivity index (χ3v) is 8.76. The first-order chi connectivity index (χ1) is 15.5. The van der Waals surface area contributed by atoms with Gasteiger partial charge < -0.3 is 4.42 Å². The summed E-state index contributed by atoms with van der Waals surface area (Å²) in [6.45, 7) is 7.10. The monoisotopic (exact) mass is 430 g/mol. The van der Waals surface area contributed by atoms with Crippen LogP contribution in [0.1, 0.15) is 22.6 Å². The van der Waals surface area contributed by atoms with Crippen LogP contribution in [-0.2, 0) is 0 Å². The molecule has 1 aliphatic carbocycles. The van der Waals surface area contributed by atoms with E-state index in [4.69, 9.17) is 4.42 Å². The maximum absolute atomic E-state index is 5.94. The van der Waals surface area contributed by atoms with Crippen molar-refractivity contribution >= 4 is 40.9 Å². The highest BCUT2D eigenvalue weighted by Gasteiger charge is 2.24. The first-order valence-corrected chi connectivity index (χ1v) is 14.8. The minimum absolute atomic E-state index is 0.340. The minimum atomic E-state index is -1.46. The summed E-state index contributed by atoms with van der Waals surface area (Å²) in [7, 11) is -1.46. The summed E-state index contributed by atoms with van der Waals surface area (Å²) in [5, 5.41) is 6.53. The van der Waals surface area contributed by atoms with Gasteiger partial charge in [-0.05, 0) is 55.6 Å². The summed E-state index contributed by atoms with van der Waals surface area (Å²) >= 11 is 0. The van der Waals surface area contributed by atoms with Crippen molar-refractivity contribution in [3.8, 4) is 11.3 Å². The Morgan fingerprint density at radius 3 is 2.31 bits per heavy atom. The molecule has 0 N–H and O–H groups in total. The Hall–Kier alpha value is -3.36. The van der Waals surface area contributed by atoms with E-state index >= 15 is 0 Å². The molecule has 1 heterocycles.